The van der Waals surface area contributed by atoms with Crippen molar-refractivity contribution in [1.29, 1.82) is 0 Å². The molecule has 0 atom stereocenters. The summed E-state index contributed by atoms with van der Waals surface area (Å²) in [5.41, 5.74) is 1.03. The molecule has 1 aromatic heterocycles. The fraction of sp³-hybridized carbons (Fsp3) is 0.667. The van der Waals surface area contributed by atoms with Crippen LogP contribution in [-0.2, 0) is 11.3 Å². The summed E-state index contributed by atoms with van der Waals surface area (Å²) in [5.74, 6) is 0.941. The van der Waals surface area contributed by atoms with Gasteiger partial charge in [0.25, 0.3) is 0 Å². The Balaban J connectivity index is 1.87. The molecule has 4 nitrogen and oxygen atoms in total. The minimum Gasteiger partial charge on any atom is -0.311 e. The average Bonchev–Trinajstić information content (AvgIpc) is 2.99. The Morgan fingerprint density at radius 1 is 1.65 bits per heavy atom. The molecule has 5 heteroatoms. The number of thiazole rings is 1. The third-order valence-corrected chi connectivity index (χ3v) is 3.82. The lowest BCUT2D eigenvalue weighted by atomic mass is 10.4. The van der Waals surface area contributed by atoms with E-state index in [9.17, 15) is 4.79 Å². The van der Waals surface area contributed by atoms with Gasteiger partial charge >= 0.3 is 0 Å². The lowest BCUT2D eigenvalue weighted by Crippen LogP contribution is -2.27. The molecule has 94 valence electrons. The van der Waals surface area contributed by atoms with Crippen LogP contribution in [0.25, 0.3) is 0 Å². The number of carbonyl (C=O) groups is 1. The summed E-state index contributed by atoms with van der Waals surface area (Å²) in [7, 11) is 0. The second-order valence-corrected chi connectivity index (χ2v) is 5.30. The predicted octanol–water partition coefficient (Wildman–Crippen LogP) is 2.02. The van der Waals surface area contributed by atoms with Gasteiger partial charge < -0.3 is 5.32 Å². The van der Waals surface area contributed by atoms with E-state index in [4.69, 9.17) is 0 Å². The number of carbonyl (C=O) groups excluding carboxylic acids is 1. The van der Waals surface area contributed by atoms with E-state index in [0.717, 1.165) is 29.8 Å². The van der Waals surface area contributed by atoms with Crippen LogP contribution >= 0.6 is 11.3 Å². The first-order valence-corrected chi connectivity index (χ1v) is 7.02. The monoisotopic (exact) mass is 253 g/mol. The summed E-state index contributed by atoms with van der Waals surface area (Å²) in [5, 5.41) is 6.24. The first-order chi connectivity index (χ1) is 8.20. The van der Waals surface area contributed by atoms with Gasteiger partial charge in [-0.25, -0.2) is 4.98 Å². The van der Waals surface area contributed by atoms with Crippen molar-refractivity contribution in [2.75, 3.05) is 18.0 Å². The maximum absolute atomic E-state index is 11.4. The Bertz CT molecular complexity index is 387. The number of aromatic nitrogens is 1. The van der Waals surface area contributed by atoms with Crippen LogP contribution in [0, 0.1) is 5.92 Å². The topological polar surface area (TPSA) is 45.2 Å². The van der Waals surface area contributed by atoms with Crippen molar-refractivity contribution < 1.29 is 4.79 Å². The normalized spacial score (nSPS) is 14.9. The molecule has 0 spiro atoms. The van der Waals surface area contributed by atoms with Crippen LogP contribution in [0.2, 0.25) is 0 Å². The van der Waals surface area contributed by atoms with Crippen molar-refractivity contribution in [3.8, 4) is 0 Å². The largest absolute Gasteiger partial charge is 0.311 e. The Morgan fingerprint density at radius 2 is 2.41 bits per heavy atom. The molecule has 1 saturated carbocycles. The van der Waals surface area contributed by atoms with Crippen LogP contribution < -0.4 is 10.2 Å². The van der Waals surface area contributed by atoms with Crippen molar-refractivity contribution >= 4 is 22.4 Å². The van der Waals surface area contributed by atoms with E-state index in [1.54, 1.807) is 11.8 Å². The highest BCUT2D eigenvalue weighted by Crippen LogP contribution is 2.27. The highest BCUT2D eigenvalue weighted by atomic mass is 32.1. The molecule has 1 N–H and O–H groups in total. The number of nitrogens with zero attached hydrogens (tertiary/aromatic N) is 2. The van der Waals surface area contributed by atoms with Crippen LogP contribution in [0.15, 0.2) is 5.38 Å². The second kappa shape index (κ2) is 5.60. The summed E-state index contributed by atoms with van der Waals surface area (Å²) in [4.78, 5) is 17.6. The molecule has 0 saturated heterocycles. The predicted molar refractivity (Wildman–Crippen MR) is 70.2 cm³/mol. The van der Waals surface area contributed by atoms with Gasteiger partial charge in [-0.1, -0.05) is 0 Å². The fourth-order valence-corrected chi connectivity index (χ4v) is 2.65. The third kappa shape index (κ3) is 3.51. The smallest absolute Gasteiger partial charge is 0.225 e. The van der Waals surface area contributed by atoms with E-state index in [1.807, 2.05) is 12.3 Å². The zero-order valence-corrected chi connectivity index (χ0v) is 11.2. The van der Waals surface area contributed by atoms with Crippen molar-refractivity contribution in [1.82, 2.24) is 10.3 Å². The molecule has 0 aliphatic heterocycles. The molecule has 1 aromatic rings. The fourth-order valence-electron chi connectivity index (χ4n) is 1.72. The maximum atomic E-state index is 11.4. The van der Waals surface area contributed by atoms with Crippen molar-refractivity contribution in [2.45, 2.75) is 33.2 Å². The summed E-state index contributed by atoms with van der Waals surface area (Å²) in [6.07, 6.45) is 2.73. The summed E-state index contributed by atoms with van der Waals surface area (Å²) in [6.45, 7) is 6.13. The van der Waals surface area contributed by atoms with Crippen molar-refractivity contribution in [3.63, 3.8) is 0 Å². The summed E-state index contributed by atoms with van der Waals surface area (Å²) < 4.78 is 0. The molecule has 1 aliphatic carbocycles. The van der Waals surface area contributed by atoms with Gasteiger partial charge in [0.2, 0.25) is 5.91 Å². The maximum Gasteiger partial charge on any atom is 0.225 e. The molecular formula is C12H19N3OS. The standard InChI is InChI=1S/C12H19N3OS/c1-3-15(9(2)16)12-14-11(8-17-12)7-13-6-10-4-5-10/h8,10,13H,3-7H2,1-2H3. The molecule has 1 fully saturated rings. The van der Waals surface area contributed by atoms with Crippen LogP contribution in [0.4, 0.5) is 5.13 Å². The van der Waals surface area contributed by atoms with Gasteiger partial charge in [-0.05, 0) is 32.2 Å². The molecule has 1 amide bonds. The SMILES string of the molecule is CCN(C(C)=O)c1nc(CNCC2CC2)cs1. The summed E-state index contributed by atoms with van der Waals surface area (Å²) >= 11 is 1.54. The van der Waals surface area contributed by atoms with Gasteiger partial charge in [-0.3, -0.25) is 9.69 Å². The van der Waals surface area contributed by atoms with E-state index >= 15 is 0 Å². The number of hydrogen-bond acceptors (Lipinski definition) is 4. The number of amides is 1. The first kappa shape index (κ1) is 12.5. The van der Waals surface area contributed by atoms with Gasteiger partial charge in [0, 0.05) is 25.4 Å². The van der Waals surface area contributed by atoms with Gasteiger partial charge in [0.05, 0.1) is 5.69 Å². The quantitative estimate of drug-likeness (QED) is 0.843. The Hall–Kier alpha value is -0.940. The molecule has 0 aromatic carbocycles. The Morgan fingerprint density at radius 3 is 3.00 bits per heavy atom. The lowest BCUT2D eigenvalue weighted by molar-refractivity contribution is -0.116. The summed E-state index contributed by atoms with van der Waals surface area (Å²) in [6, 6.07) is 0. The molecular weight excluding hydrogens is 234 g/mol. The van der Waals surface area contributed by atoms with Crippen molar-refractivity contribution in [3.05, 3.63) is 11.1 Å². The van der Waals surface area contributed by atoms with Crippen LogP contribution in [0.1, 0.15) is 32.4 Å². The van der Waals surface area contributed by atoms with Crippen molar-refractivity contribution in [2.24, 2.45) is 5.92 Å². The average molecular weight is 253 g/mol. The number of nitrogens with one attached hydrogen (secondary N) is 1. The number of hydrogen-bond donors (Lipinski definition) is 1. The van der Waals surface area contributed by atoms with Crippen LogP contribution in [0.5, 0.6) is 0 Å². The molecule has 0 bridgehead atoms. The van der Waals surface area contributed by atoms with Gasteiger partial charge in [-0.15, -0.1) is 11.3 Å². The van der Waals surface area contributed by atoms with Crippen LogP contribution in [0.3, 0.4) is 0 Å². The highest BCUT2D eigenvalue weighted by molar-refractivity contribution is 7.14. The Kier molecular flexibility index (Phi) is 4.12. The van der Waals surface area contributed by atoms with Gasteiger partial charge in [0.15, 0.2) is 5.13 Å². The minimum atomic E-state index is 0.0549. The molecule has 1 aliphatic rings. The van der Waals surface area contributed by atoms with E-state index in [1.165, 1.54) is 24.2 Å². The van der Waals surface area contributed by atoms with Gasteiger partial charge in [-0.2, -0.15) is 0 Å². The van der Waals surface area contributed by atoms with E-state index in [2.05, 4.69) is 10.3 Å². The lowest BCUT2D eigenvalue weighted by Gasteiger charge is -2.14. The number of rotatable bonds is 6. The third-order valence-electron chi connectivity index (χ3n) is 2.90. The first-order valence-electron chi connectivity index (χ1n) is 6.14. The van der Waals surface area contributed by atoms with Gasteiger partial charge in [0.1, 0.15) is 0 Å². The zero-order valence-electron chi connectivity index (χ0n) is 10.4. The molecule has 17 heavy (non-hydrogen) atoms. The second-order valence-electron chi connectivity index (χ2n) is 4.46. The molecule has 2 rings (SSSR count). The Labute approximate surface area is 106 Å². The highest BCUT2D eigenvalue weighted by Gasteiger charge is 2.20. The minimum absolute atomic E-state index is 0.0549. The molecule has 0 unspecified atom stereocenters. The van der Waals surface area contributed by atoms with E-state index < -0.39 is 0 Å². The van der Waals surface area contributed by atoms with E-state index in [-0.39, 0.29) is 5.91 Å². The molecule has 1 heterocycles. The zero-order chi connectivity index (χ0) is 12.3. The van der Waals surface area contributed by atoms with Crippen LogP contribution in [-0.4, -0.2) is 24.0 Å². The molecule has 0 radical (unpaired) electrons. The number of anilines is 1. The van der Waals surface area contributed by atoms with E-state index in [0.29, 0.717) is 6.54 Å².